The van der Waals surface area contributed by atoms with Gasteiger partial charge < -0.3 is 15.0 Å². The number of hydrogen-bond acceptors (Lipinski definition) is 4. The third-order valence-corrected chi connectivity index (χ3v) is 5.63. The summed E-state index contributed by atoms with van der Waals surface area (Å²) in [6, 6.07) is -0.0372. The van der Waals surface area contributed by atoms with Crippen molar-refractivity contribution in [2.75, 3.05) is 26.3 Å². The number of aryl methyl sites for hydroxylation is 1. The van der Waals surface area contributed by atoms with E-state index >= 15 is 0 Å². The zero-order chi connectivity index (χ0) is 14.9. The Morgan fingerprint density at radius 1 is 1.57 bits per heavy atom. The Hall–Kier alpha value is -1.14. The summed E-state index contributed by atoms with van der Waals surface area (Å²) in [5, 5.41) is 6.05. The van der Waals surface area contributed by atoms with Crippen molar-refractivity contribution in [1.29, 1.82) is 0 Å². The van der Waals surface area contributed by atoms with Crippen LogP contribution in [-0.4, -0.2) is 42.2 Å². The number of amides is 2. The number of rotatable bonds is 2. The normalized spacial score (nSPS) is 22.5. The lowest BCUT2D eigenvalue weighted by molar-refractivity contribution is 0.0126. The highest BCUT2D eigenvalue weighted by Crippen LogP contribution is 2.42. The molecule has 2 fully saturated rings. The van der Waals surface area contributed by atoms with Crippen molar-refractivity contribution in [2.24, 2.45) is 5.41 Å². The predicted molar refractivity (Wildman–Crippen MR) is 82.5 cm³/mol. The van der Waals surface area contributed by atoms with Gasteiger partial charge in [-0.1, -0.05) is 6.42 Å². The molecule has 1 atom stereocenters. The number of carbonyl (C=O) groups excluding carboxylic acids is 1. The van der Waals surface area contributed by atoms with Gasteiger partial charge >= 0.3 is 6.03 Å². The summed E-state index contributed by atoms with van der Waals surface area (Å²) in [7, 11) is 0. The fourth-order valence-electron chi connectivity index (χ4n) is 3.05. The van der Waals surface area contributed by atoms with Crippen molar-refractivity contribution in [2.45, 2.75) is 39.2 Å². The lowest BCUT2D eigenvalue weighted by atomic mass is 9.69. The summed E-state index contributed by atoms with van der Waals surface area (Å²) >= 11 is 1.60. The lowest BCUT2D eigenvalue weighted by Gasteiger charge is -2.42. The molecule has 1 N–H and O–H groups in total. The minimum atomic E-state index is -0.0438. The Bertz CT molecular complexity index is 513. The van der Waals surface area contributed by atoms with Crippen LogP contribution < -0.4 is 5.32 Å². The molecule has 1 aliphatic carbocycles. The molecule has 2 aliphatic rings. The highest BCUT2D eigenvalue weighted by Gasteiger charge is 2.41. The van der Waals surface area contributed by atoms with Crippen LogP contribution in [0.4, 0.5) is 4.79 Å². The second-order valence-electron chi connectivity index (χ2n) is 6.33. The van der Waals surface area contributed by atoms with E-state index in [0.29, 0.717) is 13.2 Å². The van der Waals surface area contributed by atoms with Crippen LogP contribution in [0.3, 0.4) is 0 Å². The molecule has 6 heteroatoms. The first-order chi connectivity index (χ1) is 10.1. The van der Waals surface area contributed by atoms with Crippen LogP contribution in [0.15, 0.2) is 5.38 Å². The highest BCUT2D eigenvalue weighted by atomic mass is 32.1. The molecular weight excluding hydrogens is 286 g/mol. The summed E-state index contributed by atoms with van der Waals surface area (Å²) in [4.78, 5) is 18.9. The molecule has 0 bridgehead atoms. The monoisotopic (exact) mass is 309 g/mol. The van der Waals surface area contributed by atoms with Gasteiger partial charge in [0.05, 0.1) is 19.3 Å². The van der Waals surface area contributed by atoms with Gasteiger partial charge in [-0.05, 0) is 26.7 Å². The molecule has 1 aromatic heterocycles. The Morgan fingerprint density at radius 2 is 2.38 bits per heavy atom. The first-order valence-electron chi connectivity index (χ1n) is 7.63. The van der Waals surface area contributed by atoms with Crippen LogP contribution in [0.2, 0.25) is 0 Å². The molecule has 21 heavy (non-hydrogen) atoms. The van der Waals surface area contributed by atoms with Gasteiger partial charge in [-0.15, -0.1) is 11.3 Å². The second kappa shape index (κ2) is 5.93. The van der Waals surface area contributed by atoms with E-state index in [0.717, 1.165) is 23.9 Å². The maximum absolute atomic E-state index is 12.5. The highest BCUT2D eigenvalue weighted by molar-refractivity contribution is 7.09. The summed E-state index contributed by atoms with van der Waals surface area (Å²) < 4.78 is 5.69. The third kappa shape index (κ3) is 3.21. The van der Waals surface area contributed by atoms with Crippen molar-refractivity contribution in [3.8, 4) is 0 Å². The van der Waals surface area contributed by atoms with E-state index in [-0.39, 0.29) is 17.5 Å². The Balaban J connectivity index is 1.61. The van der Waals surface area contributed by atoms with E-state index in [9.17, 15) is 4.79 Å². The zero-order valence-electron chi connectivity index (χ0n) is 12.7. The van der Waals surface area contributed by atoms with Crippen molar-refractivity contribution in [1.82, 2.24) is 15.2 Å². The van der Waals surface area contributed by atoms with Gasteiger partial charge in [0, 0.05) is 29.6 Å². The SMILES string of the molecule is Cc1csc([C@@H](C)NC(=O)N2CCOCC3(CCC3)C2)n1. The molecular formula is C15H23N3O2S. The molecule has 3 rings (SSSR count). The third-order valence-electron chi connectivity index (χ3n) is 4.49. The van der Waals surface area contributed by atoms with E-state index in [4.69, 9.17) is 4.74 Å². The lowest BCUT2D eigenvalue weighted by Crippen LogP contribution is -2.49. The average Bonchev–Trinajstić information content (AvgIpc) is 2.73. The number of ether oxygens (including phenoxy) is 1. The van der Waals surface area contributed by atoms with E-state index in [1.54, 1.807) is 11.3 Å². The van der Waals surface area contributed by atoms with Gasteiger partial charge in [-0.25, -0.2) is 9.78 Å². The van der Waals surface area contributed by atoms with E-state index < -0.39 is 0 Å². The molecule has 1 saturated heterocycles. The molecule has 0 unspecified atom stereocenters. The summed E-state index contributed by atoms with van der Waals surface area (Å²) in [6.45, 7) is 6.90. The van der Waals surface area contributed by atoms with E-state index in [2.05, 4.69) is 10.3 Å². The summed E-state index contributed by atoms with van der Waals surface area (Å²) in [5.41, 5.74) is 1.22. The number of carbonyl (C=O) groups is 1. The molecule has 2 amide bonds. The van der Waals surface area contributed by atoms with Gasteiger partial charge in [0.1, 0.15) is 5.01 Å². The minimum Gasteiger partial charge on any atom is -0.379 e. The molecule has 1 spiro atoms. The van der Waals surface area contributed by atoms with Crippen LogP contribution in [-0.2, 0) is 4.74 Å². The Kier molecular flexibility index (Phi) is 4.17. The molecule has 1 aliphatic heterocycles. The maximum Gasteiger partial charge on any atom is 0.318 e. The maximum atomic E-state index is 12.5. The molecule has 2 heterocycles. The number of thiazole rings is 1. The van der Waals surface area contributed by atoms with Gasteiger partial charge in [0.15, 0.2) is 0 Å². The molecule has 116 valence electrons. The van der Waals surface area contributed by atoms with Crippen LogP contribution in [0, 0.1) is 12.3 Å². The predicted octanol–water partition coefficient (Wildman–Crippen LogP) is 2.72. The average molecular weight is 309 g/mol. The first kappa shape index (κ1) is 14.8. The number of urea groups is 1. The fourth-order valence-corrected chi connectivity index (χ4v) is 3.86. The van der Waals surface area contributed by atoms with Crippen LogP contribution in [0.25, 0.3) is 0 Å². The number of hydrogen-bond donors (Lipinski definition) is 1. The minimum absolute atomic E-state index is 0.00660. The van der Waals surface area contributed by atoms with Crippen LogP contribution in [0.5, 0.6) is 0 Å². The van der Waals surface area contributed by atoms with Gasteiger partial charge in [-0.3, -0.25) is 0 Å². The van der Waals surface area contributed by atoms with Crippen molar-refractivity contribution < 1.29 is 9.53 Å². The number of nitrogens with one attached hydrogen (secondary N) is 1. The zero-order valence-corrected chi connectivity index (χ0v) is 13.5. The van der Waals surface area contributed by atoms with Gasteiger partial charge in [0.25, 0.3) is 0 Å². The Morgan fingerprint density at radius 3 is 3.00 bits per heavy atom. The largest absolute Gasteiger partial charge is 0.379 e. The van der Waals surface area contributed by atoms with Gasteiger partial charge in [0.2, 0.25) is 0 Å². The fraction of sp³-hybridized carbons (Fsp3) is 0.733. The van der Waals surface area contributed by atoms with Crippen molar-refractivity contribution in [3.05, 3.63) is 16.1 Å². The molecule has 1 aromatic rings. The number of aromatic nitrogens is 1. The van der Waals surface area contributed by atoms with E-state index in [1.807, 2.05) is 24.1 Å². The van der Waals surface area contributed by atoms with Gasteiger partial charge in [-0.2, -0.15) is 0 Å². The Labute approximate surface area is 129 Å². The molecule has 0 aromatic carbocycles. The topological polar surface area (TPSA) is 54.5 Å². The first-order valence-corrected chi connectivity index (χ1v) is 8.51. The standard InChI is InChI=1S/C15H23N3O2S/c1-11-8-21-13(16-11)12(2)17-14(19)18-6-7-20-10-15(9-18)4-3-5-15/h8,12H,3-7,9-10H2,1-2H3,(H,17,19)/t12-/m1/s1. The quantitative estimate of drug-likeness (QED) is 0.914. The molecule has 5 nitrogen and oxygen atoms in total. The van der Waals surface area contributed by atoms with Crippen LogP contribution in [0.1, 0.15) is 42.9 Å². The van der Waals surface area contributed by atoms with E-state index in [1.165, 1.54) is 19.3 Å². The number of nitrogens with zero attached hydrogens (tertiary/aromatic N) is 2. The summed E-state index contributed by atoms with van der Waals surface area (Å²) in [6.07, 6.45) is 3.61. The summed E-state index contributed by atoms with van der Waals surface area (Å²) in [5.74, 6) is 0. The smallest absolute Gasteiger partial charge is 0.318 e. The van der Waals surface area contributed by atoms with Crippen molar-refractivity contribution >= 4 is 17.4 Å². The van der Waals surface area contributed by atoms with Crippen LogP contribution >= 0.6 is 11.3 Å². The second-order valence-corrected chi connectivity index (χ2v) is 7.22. The molecule has 1 saturated carbocycles. The molecule has 0 radical (unpaired) electrons. The van der Waals surface area contributed by atoms with Crippen molar-refractivity contribution in [3.63, 3.8) is 0 Å².